The summed E-state index contributed by atoms with van der Waals surface area (Å²) in [4.78, 5) is 11.2. The zero-order chi connectivity index (χ0) is 12.1. The van der Waals surface area contributed by atoms with Crippen LogP contribution in [0.3, 0.4) is 0 Å². The third-order valence-electron chi connectivity index (χ3n) is 1.72. The number of hydrazone groups is 1. The van der Waals surface area contributed by atoms with Gasteiger partial charge in [0.15, 0.2) is 0 Å². The molecule has 2 N–H and O–H groups in total. The van der Waals surface area contributed by atoms with Crippen LogP contribution < -0.4 is 5.84 Å². The molecule has 0 atom stereocenters. The highest BCUT2D eigenvalue weighted by Gasteiger charge is 2.16. The minimum absolute atomic E-state index is 0.259. The van der Waals surface area contributed by atoms with E-state index in [0.29, 0.717) is 15.6 Å². The first kappa shape index (κ1) is 12.8. The summed E-state index contributed by atoms with van der Waals surface area (Å²) in [5.41, 5.74) is 0.585. The molecule has 0 unspecified atom stereocenters. The Morgan fingerprint density at radius 1 is 1.56 bits per heavy atom. The molecule has 1 aromatic rings. The Hall–Kier alpha value is -1.26. The normalized spacial score (nSPS) is 11.3. The maximum atomic E-state index is 11.2. The van der Waals surface area contributed by atoms with Crippen LogP contribution in [0.2, 0.25) is 10.0 Å². The Morgan fingerprint density at radius 2 is 2.25 bits per heavy atom. The first-order chi connectivity index (χ1) is 7.54. The van der Waals surface area contributed by atoms with Crippen LogP contribution in [-0.2, 0) is 4.74 Å². The highest BCUT2D eigenvalue weighted by Crippen LogP contribution is 2.19. The summed E-state index contributed by atoms with van der Waals surface area (Å²) in [5.74, 6) is 5.45. The minimum atomic E-state index is -0.645. The van der Waals surface area contributed by atoms with E-state index in [0.717, 1.165) is 4.68 Å². The summed E-state index contributed by atoms with van der Waals surface area (Å²) in [6, 6.07) is 4.87. The van der Waals surface area contributed by atoms with Crippen molar-refractivity contribution in [3.8, 4) is 0 Å². The van der Waals surface area contributed by atoms with Gasteiger partial charge in [-0.25, -0.2) is 0 Å². The van der Waals surface area contributed by atoms with Crippen molar-refractivity contribution in [1.29, 1.82) is 0 Å². The molecule has 4 nitrogen and oxygen atoms in total. The third-order valence-corrected chi connectivity index (χ3v) is 2.28. The van der Waals surface area contributed by atoms with Gasteiger partial charge >= 0.3 is 6.09 Å². The van der Waals surface area contributed by atoms with Gasteiger partial charge in [-0.05, 0) is 29.8 Å². The van der Waals surface area contributed by atoms with Crippen molar-refractivity contribution in [3.05, 3.63) is 33.8 Å². The van der Waals surface area contributed by atoms with Crippen LogP contribution in [-0.4, -0.2) is 23.6 Å². The largest absolute Gasteiger partial charge is 0.625 e. The number of carbonyl (C=O) groups excluding carboxylic acids is 1. The monoisotopic (exact) mass is 261 g/mol. The Labute approximate surface area is 103 Å². The summed E-state index contributed by atoms with van der Waals surface area (Å²) in [5, 5.41) is 0.925. The number of hydrogen-bond acceptors (Lipinski definition) is 3. The minimum Gasteiger partial charge on any atom is -0.410 e. The predicted molar refractivity (Wildman–Crippen MR) is 63.1 cm³/mol. The van der Waals surface area contributed by atoms with E-state index in [-0.39, 0.29) is 6.61 Å². The summed E-state index contributed by atoms with van der Waals surface area (Å²) < 4.78 is 5.53. The fourth-order valence-corrected chi connectivity index (χ4v) is 1.46. The standard InChI is InChI=1S/C10H11Cl2N2O2/c1-2-16-10(15)14(13)6-7-3-4-8(11)5-9(7)12/h3-6H,2,13H2,1H3/q+1/b14-6-. The van der Waals surface area contributed by atoms with E-state index in [1.165, 1.54) is 6.21 Å². The number of nitrogens with two attached hydrogens (primary N) is 1. The molecule has 0 spiro atoms. The molecule has 0 heterocycles. The molecule has 0 aliphatic rings. The quantitative estimate of drug-likeness (QED) is 0.293. The van der Waals surface area contributed by atoms with E-state index < -0.39 is 6.09 Å². The highest BCUT2D eigenvalue weighted by molar-refractivity contribution is 6.36. The average Bonchev–Trinajstić information content (AvgIpc) is 2.22. The second-order valence-electron chi connectivity index (χ2n) is 2.90. The maximum Gasteiger partial charge on any atom is 0.625 e. The Kier molecular flexibility index (Phi) is 4.58. The summed E-state index contributed by atoms with van der Waals surface area (Å²) in [7, 11) is 0. The number of halogens is 2. The molecule has 0 aliphatic heterocycles. The molecule has 0 bridgehead atoms. The second kappa shape index (κ2) is 5.72. The topological polar surface area (TPSA) is 55.3 Å². The molecular formula is C10H11Cl2N2O2+. The van der Waals surface area contributed by atoms with Gasteiger partial charge in [-0.15, -0.1) is 0 Å². The number of ether oxygens (including phenoxy) is 1. The molecule has 1 amide bonds. The number of rotatable bonds is 2. The first-order valence-electron chi connectivity index (χ1n) is 4.55. The van der Waals surface area contributed by atoms with Crippen molar-refractivity contribution in [1.82, 2.24) is 0 Å². The van der Waals surface area contributed by atoms with Crippen LogP contribution in [0.15, 0.2) is 18.2 Å². The molecule has 16 heavy (non-hydrogen) atoms. The van der Waals surface area contributed by atoms with E-state index in [2.05, 4.69) is 0 Å². The van der Waals surface area contributed by atoms with Crippen LogP contribution in [0.5, 0.6) is 0 Å². The van der Waals surface area contributed by atoms with E-state index in [9.17, 15) is 4.79 Å². The van der Waals surface area contributed by atoms with Crippen LogP contribution in [0.4, 0.5) is 4.79 Å². The van der Waals surface area contributed by atoms with Crippen LogP contribution in [0.25, 0.3) is 0 Å². The lowest BCUT2D eigenvalue weighted by molar-refractivity contribution is -0.452. The second-order valence-corrected chi connectivity index (χ2v) is 3.74. The molecular weight excluding hydrogens is 251 g/mol. The van der Waals surface area contributed by atoms with Gasteiger partial charge in [0.25, 0.3) is 0 Å². The van der Waals surface area contributed by atoms with Crippen molar-refractivity contribution < 1.29 is 14.2 Å². The van der Waals surface area contributed by atoms with Crippen LogP contribution in [0, 0.1) is 0 Å². The van der Waals surface area contributed by atoms with Crippen molar-refractivity contribution >= 4 is 35.5 Å². The number of amides is 1. The molecule has 1 aromatic carbocycles. The molecule has 6 heteroatoms. The Morgan fingerprint density at radius 3 is 2.81 bits per heavy atom. The summed E-state index contributed by atoms with van der Waals surface area (Å²) in [6.45, 7) is 1.95. The lowest BCUT2D eigenvalue weighted by Gasteiger charge is -1.97. The van der Waals surface area contributed by atoms with Gasteiger partial charge in [-0.1, -0.05) is 23.2 Å². The summed E-state index contributed by atoms with van der Waals surface area (Å²) >= 11 is 11.6. The van der Waals surface area contributed by atoms with E-state index in [1.54, 1.807) is 25.1 Å². The fraction of sp³-hybridized carbons (Fsp3) is 0.200. The molecule has 1 rings (SSSR count). The molecule has 0 saturated heterocycles. The van der Waals surface area contributed by atoms with Gasteiger partial charge in [0.05, 0.1) is 17.2 Å². The van der Waals surface area contributed by atoms with Gasteiger partial charge in [0.2, 0.25) is 6.21 Å². The number of hydrazine groups is 1. The number of nitrogens with zero attached hydrogens (tertiary/aromatic N) is 1. The zero-order valence-corrected chi connectivity index (χ0v) is 10.1. The lowest BCUT2D eigenvalue weighted by Crippen LogP contribution is -2.29. The molecule has 0 radical (unpaired) electrons. The van der Waals surface area contributed by atoms with Crippen LogP contribution in [0.1, 0.15) is 12.5 Å². The van der Waals surface area contributed by atoms with Crippen molar-refractivity contribution in [2.24, 2.45) is 5.84 Å². The Balaban J connectivity index is 2.94. The number of hydrogen-bond donors (Lipinski definition) is 1. The van der Waals surface area contributed by atoms with Gasteiger partial charge in [0, 0.05) is 5.02 Å². The third kappa shape index (κ3) is 3.40. The van der Waals surface area contributed by atoms with E-state index in [1.807, 2.05) is 0 Å². The molecule has 0 aliphatic carbocycles. The molecule has 0 aromatic heterocycles. The Bertz CT molecular complexity index is 433. The first-order valence-corrected chi connectivity index (χ1v) is 5.30. The van der Waals surface area contributed by atoms with Crippen molar-refractivity contribution in [3.63, 3.8) is 0 Å². The average molecular weight is 262 g/mol. The number of carbonyl (C=O) groups is 1. The fourth-order valence-electron chi connectivity index (χ4n) is 1.01. The van der Waals surface area contributed by atoms with Gasteiger partial charge in [-0.2, -0.15) is 10.6 Å². The lowest BCUT2D eigenvalue weighted by atomic mass is 10.2. The highest BCUT2D eigenvalue weighted by atomic mass is 35.5. The van der Waals surface area contributed by atoms with Gasteiger partial charge in [-0.3, -0.25) is 0 Å². The predicted octanol–water partition coefficient (Wildman–Crippen LogP) is 2.46. The smallest absolute Gasteiger partial charge is 0.410 e. The van der Waals surface area contributed by atoms with E-state index >= 15 is 0 Å². The zero-order valence-electron chi connectivity index (χ0n) is 8.61. The van der Waals surface area contributed by atoms with Crippen molar-refractivity contribution in [2.45, 2.75) is 6.92 Å². The maximum absolute atomic E-state index is 11.2. The van der Waals surface area contributed by atoms with E-state index in [4.69, 9.17) is 33.8 Å². The summed E-state index contributed by atoms with van der Waals surface area (Å²) in [6.07, 6.45) is 0.727. The van der Waals surface area contributed by atoms with Crippen molar-refractivity contribution in [2.75, 3.05) is 6.61 Å². The molecule has 0 saturated carbocycles. The SMILES string of the molecule is CCOC(=O)/[N+](N)=C/c1ccc(Cl)cc1Cl. The van der Waals surface area contributed by atoms with Crippen LogP contribution >= 0.6 is 23.2 Å². The van der Waals surface area contributed by atoms with Gasteiger partial charge in [0.1, 0.15) is 0 Å². The number of benzene rings is 1. The molecule has 0 fully saturated rings. The van der Waals surface area contributed by atoms with Gasteiger partial charge < -0.3 is 4.74 Å². The molecule has 86 valence electrons.